The van der Waals surface area contributed by atoms with Gasteiger partial charge in [-0.3, -0.25) is 9.59 Å². The minimum atomic E-state index is -0.563. The predicted octanol–water partition coefficient (Wildman–Crippen LogP) is 2.55. The van der Waals surface area contributed by atoms with Crippen molar-refractivity contribution in [3.05, 3.63) is 67.1 Å². The van der Waals surface area contributed by atoms with Crippen LogP contribution in [0, 0.1) is 11.8 Å². The maximum atomic E-state index is 12.2. The summed E-state index contributed by atoms with van der Waals surface area (Å²) in [5.74, 6) is 0. The number of hydrogen-bond acceptors (Lipinski definition) is 5. The molecule has 1 aromatic heterocycles. The minimum absolute atomic E-state index is 0.0975. The number of nitrogens with zero attached hydrogens (tertiary/aromatic N) is 4. The van der Waals surface area contributed by atoms with Crippen molar-refractivity contribution in [2.45, 2.75) is 13.5 Å². The Morgan fingerprint density at radius 1 is 0.926 bits per heavy atom. The fourth-order valence-electron chi connectivity index (χ4n) is 3.38. The summed E-state index contributed by atoms with van der Waals surface area (Å²) in [6.45, 7) is 2.06. The second kappa shape index (κ2) is 6.83. The van der Waals surface area contributed by atoms with E-state index in [9.17, 15) is 14.5 Å². The molecular weight excluding hydrogens is 344 g/mol. The van der Waals surface area contributed by atoms with Crippen LogP contribution in [0.15, 0.2) is 45.1 Å². The SMILES string of the molecule is Cc1cc2c(cc1-c1cc(CN=O)ccc1N(C)C)n(C)c(=O)c(=O)n2C. The molecule has 0 radical (unpaired) electrons. The van der Waals surface area contributed by atoms with Gasteiger partial charge in [-0.05, 0) is 47.9 Å². The van der Waals surface area contributed by atoms with E-state index < -0.39 is 11.1 Å². The van der Waals surface area contributed by atoms with E-state index in [1.54, 1.807) is 14.1 Å². The Morgan fingerprint density at radius 2 is 1.52 bits per heavy atom. The zero-order chi connectivity index (χ0) is 19.9. The van der Waals surface area contributed by atoms with Crippen LogP contribution in [-0.4, -0.2) is 23.2 Å². The van der Waals surface area contributed by atoms with Gasteiger partial charge in [0.05, 0.1) is 11.0 Å². The molecule has 7 heteroatoms. The van der Waals surface area contributed by atoms with Crippen molar-refractivity contribution in [2.75, 3.05) is 19.0 Å². The Balaban J connectivity index is 2.40. The molecule has 0 unspecified atom stereocenters. The van der Waals surface area contributed by atoms with Gasteiger partial charge in [-0.15, -0.1) is 0 Å². The molecule has 3 aromatic rings. The Hall–Kier alpha value is -3.22. The molecule has 0 aliphatic rings. The number of rotatable bonds is 4. The molecule has 1 heterocycles. The quantitative estimate of drug-likeness (QED) is 0.525. The lowest BCUT2D eigenvalue weighted by atomic mass is 9.95. The molecule has 140 valence electrons. The molecule has 0 amide bonds. The molecule has 0 N–H and O–H groups in total. The first-order chi connectivity index (χ1) is 12.8. The number of nitroso groups, excluding NO2 is 1. The van der Waals surface area contributed by atoms with Gasteiger partial charge in [-0.1, -0.05) is 11.2 Å². The second-order valence-electron chi connectivity index (χ2n) is 6.92. The normalized spacial score (nSPS) is 11.0. The molecular formula is C20H22N4O3. The first-order valence-corrected chi connectivity index (χ1v) is 8.56. The van der Waals surface area contributed by atoms with Gasteiger partial charge in [-0.2, -0.15) is 4.91 Å². The van der Waals surface area contributed by atoms with Crippen LogP contribution in [0.1, 0.15) is 11.1 Å². The van der Waals surface area contributed by atoms with Crippen molar-refractivity contribution < 1.29 is 0 Å². The van der Waals surface area contributed by atoms with Crippen LogP contribution in [0.5, 0.6) is 0 Å². The van der Waals surface area contributed by atoms with E-state index in [2.05, 4.69) is 5.18 Å². The van der Waals surface area contributed by atoms with Gasteiger partial charge in [0.15, 0.2) is 0 Å². The van der Waals surface area contributed by atoms with Gasteiger partial charge >= 0.3 is 11.1 Å². The first kappa shape index (κ1) is 18.6. The lowest BCUT2D eigenvalue weighted by Crippen LogP contribution is -2.39. The molecule has 0 fully saturated rings. The van der Waals surface area contributed by atoms with Gasteiger partial charge in [0.2, 0.25) is 0 Å². The highest BCUT2D eigenvalue weighted by molar-refractivity contribution is 5.89. The standard InChI is InChI=1S/C20H22N4O3/c1-12-8-17-18(24(5)20(26)19(25)23(17)4)10-14(12)15-9-13(11-21-27)6-7-16(15)22(2)3/h6-10H,11H2,1-5H3. The van der Waals surface area contributed by atoms with E-state index in [0.29, 0.717) is 11.0 Å². The van der Waals surface area contributed by atoms with Gasteiger partial charge in [-0.25, -0.2) is 0 Å². The first-order valence-electron chi connectivity index (χ1n) is 8.56. The Morgan fingerprint density at radius 3 is 2.07 bits per heavy atom. The number of fused-ring (bicyclic) bond motifs is 1. The Bertz CT molecular complexity index is 1170. The summed E-state index contributed by atoms with van der Waals surface area (Å²) in [4.78, 5) is 37.0. The third-order valence-corrected chi connectivity index (χ3v) is 4.92. The van der Waals surface area contributed by atoms with Gasteiger partial charge in [0.25, 0.3) is 0 Å². The number of aryl methyl sites for hydroxylation is 3. The van der Waals surface area contributed by atoms with Crippen LogP contribution >= 0.6 is 0 Å². The van der Waals surface area contributed by atoms with E-state index in [-0.39, 0.29) is 6.54 Å². The van der Waals surface area contributed by atoms with Gasteiger partial charge < -0.3 is 14.0 Å². The molecule has 0 aliphatic heterocycles. The number of hydrogen-bond donors (Lipinski definition) is 0. The Labute approximate surface area is 156 Å². The van der Waals surface area contributed by atoms with Crippen molar-refractivity contribution in [1.82, 2.24) is 9.13 Å². The summed E-state index contributed by atoms with van der Waals surface area (Å²) in [7, 11) is 7.11. The van der Waals surface area contributed by atoms with Crippen molar-refractivity contribution >= 4 is 16.7 Å². The van der Waals surface area contributed by atoms with Crippen molar-refractivity contribution in [3.8, 4) is 11.1 Å². The van der Waals surface area contributed by atoms with Crippen molar-refractivity contribution in [3.63, 3.8) is 0 Å². The van der Waals surface area contributed by atoms with E-state index in [1.165, 1.54) is 9.13 Å². The number of aromatic nitrogens is 2. The van der Waals surface area contributed by atoms with Crippen molar-refractivity contribution in [2.24, 2.45) is 19.3 Å². The van der Waals surface area contributed by atoms with E-state index in [1.807, 2.05) is 56.3 Å². The minimum Gasteiger partial charge on any atom is -0.377 e. The summed E-state index contributed by atoms with van der Waals surface area (Å²) in [5.41, 5.74) is 4.91. The Kier molecular flexibility index (Phi) is 4.70. The highest BCUT2D eigenvalue weighted by Gasteiger charge is 2.15. The predicted molar refractivity (Wildman–Crippen MR) is 108 cm³/mol. The van der Waals surface area contributed by atoms with Crippen molar-refractivity contribution in [1.29, 1.82) is 0 Å². The maximum absolute atomic E-state index is 12.2. The third-order valence-electron chi connectivity index (χ3n) is 4.92. The summed E-state index contributed by atoms with van der Waals surface area (Å²) < 4.78 is 2.76. The second-order valence-corrected chi connectivity index (χ2v) is 6.92. The summed E-state index contributed by atoms with van der Waals surface area (Å²) in [6, 6.07) is 9.63. The molecule has 0 saturated heterocycles. The lowest BCUT2D eigenvalue weighted by molar-refractivity contribution is 0.798. The van der Waals surface area contributed by atoms with Crippen LogP contribution in [0.25, 0.3) is 22.2 Å². The zero-order valence-corrected chi connectivity index (χ0v) is 16.1. The van der Waals surface area contributed by atoms with E-state index in [4.69, 9.17) is 0 Å². The number of benzene rings is 2. The van der Waals surface area contributed by atoms with Crippen LogP contribution in [-0.2, 0) is 20.6 Å². The lowest BCUT2D eigenvalue weighted by Gasteiger charge is -2.21. The molecule has 7 nitrogen and oxygen atoms in total. The molecule has 0 atom stereocenters. The van der Waals surface area contributed by atoms with Crippen LogP contribution in [0.2, 0.25) is 0 Å². The molecule has 27 heavy (non-hydrogen) atoms. The molecule has 0 saturated carbocycles. The smallest absolute Gasteiger partial charge is 0.316 e. The molecule has 0 spiro atoms. The fraction of sp³-hybridized carbons (Fsp3) is 0.300. The monoisotopic (exact) mass is 366 g/mol. The summed E-state index contributed by atoms with van der Waals surface area (Å²) >= 11 is 0. The maximum Gasteiger partial charge on any atom is 0.316 e. The van der Waals surface area contributed by atoms with Gasteiger partial charge in [0.1, 0.15) is 6.54 Å². The highest BCUT2D eigenvalue weighted by Crippen LogP contribution is 2.35. The molecule has 2 aromatic carbocycles. The topological polar surface area (TPSA) is 76.7 Å². The summed E-state index contributed by atoms with van der Waals surface area (Å²) in [5, 5.41) is 2.99. The average molecular weight is 366 g/mol. The number of anilines is 1. The van der Waals surface area contributed by atoms with Crippen LogP contribution in [0.3, 0.4) is 0 Å². The fourth-order valence-corrected chi connectivity index (χ4v) is 3.38. The largest absolute Gasteiger partial charge is 0.377 e. The molecule has 0 bridgehead atoms. The molecule has 0 aliphatic carbocycles. The third kappa shape index (κ3) is 3.05. The van der Waals surface area contributed by atoms with Crippen LogP contribution < -0.4 is 16.0 Å². The van der Waals surface area contributed by atoms with Crippen LogP contribution in [0.4, 0.5) is 5.69 Å². The summed E-state index contributed by atoms with van der Waals surface area (Å²) in [6.07, 6.45) is 0. The zero-order valence-electron chi connectivity index (χ0n) is 16.1. The van der Waals surface area contributed by atoms with E-state index in [0.717, 1.165) is 27.9 Å². The van der Waals surface area contributed by atoms with E-state index >= 15 is 0 Å². The average Bonchev–Trinajstić information content (AvgIpc) is 2.64. The van der Waals surface area contributed by atoms with Gasteiger partial charge in [0, 0.05) is 39.4 Å². The molecule has 3 rings (SSSR count). The highest BCUT2D eigenvalue weighted by atomic mass is 16.3.